The zero-order chi connectivity index (χ0) is 21.6. The Hall–Kier alpha value is -2.37. The Morgan fingerprint density at radius 2 is 1.93 bits per heavy atom. The number of fused-ring (bicyclic) bond motifs is 1. The van der Waals surface area contributed by atoms with Gasteiger partial charge in [0.05, 0.1) is 11.4 Å². The number of carbonyl (C=O) groups is 1. The third-order valence-electron chi connectivity index (χ3n) is 3.29. The smallest absolute Gasteiger partial charge is 0.490 e. The summed E-state index contributed by atoms with van der Waals surface area (Å²) >= 11 is 8.91. The molecule has 7 nitrogen and oxygen atoms in total. The van der Waals surface area contributed by atoms with Crippen LogP contribution in [0.4, 0.5) is 13.2 Å². The molecule has 2 heterocycles. The maximum Gasteiger partial charge on any atom is 0.490 e. The molecule has 1 atom stereocenters. The lowest BCUT2D eigenvalue weighted by atomic mass is 10.2. The van der Waals surface area contributed by atoms with Crippen molar-refractivity contribution < 1.29 is 32.9 Å². The van der Waals surface area contributed by atoms with Gasteiger partial charge in [0.15, 0.2) is 5.65 Å². The molecule has 12 heteroatoms. The zero-order valence-electron chi connectivity index (χ0n) is 14.5. The van der Waals surface area contributed by atoms with E-state index >= 15 is 0 Å². The summed E-state index contributed by atoms with van der Waals surface area (Å²) < 4.78 is 38.1. The first-order valence-electron chi connectivity index (χ1n) is 7.88. The van der Waals surface area contributed by atoms with Gasteiger partial charge >= 0.3 is 12.1 Å². The number of carboxylic acids is 1. The fourth-order valence-corrected chi connectivity index (χ4v) is 2.38. The SMILES string of the molecule is O=C(O)C(F)(F)F.OC(CCl)COc1ccc(-c2nc3ncc(Br)cc3[nH]2)cc1. The molecule has 0 bridgehead atoms. The number of rotatable bonds is 5. The van der Waals surface area contributed by atoms with E-state index in [0.29, 0.717) is 11.4 Å². The molecule has 0 spiro atoms. The van der Waals surface area contributed by atoms with Crippen LogP contribution in [0, 0.1) is 0 Å². The topological polar surface area (TPSA) is 108 Å². The Kier molecular flexibility index (Phi) is 7.82. The van der Waals surface area contributed by atoms with Crippen LogP contribution in [0.5, 0.6) is 5.75 Å². The molecule has 0 amide bonds. The van der Waals surface area contributed by atoms with E-state index < -0.39 is 18.2 Å². The number of hydrogen-bond donors (Lipinski definition) is 3. The Labute approximate surface area is 175 Å². The number of halogens is 5. The number of aliphatic hydroxyl groups is 1. The number of ether oxygens (including phenoxy) is 1. The molecule has 0 aliphatic heterocycles. The molecule has 0 saturated heterocycles. The molecule has 0 aliphatic rings. The average Bonchev–Trinajstić information content (AvgIpc) is 3.09. The fraction of sp³-hybridized carbons (Fsp3) is 0.235. The Balaban J connectivity index is 0.000000370. The summed E-state index contributed by atoms with van der Waals surface area (Å²) in [5.74, 6) is -1.19. The Morgan fingerprint density at radius 1 is 1.31 bits per heavy atom. The monoisotopic (exact) mass is 495 g/mol. The third kappa shape index (κ3) is 6.87. The van der Waals surface area contributed by atoms with Gasteiger partial charge in [-0.2, -0.15) is 13.2 Å². The van der Waals surface area contributed by atoms with Crippen molar-refractivity contribution in [1.29, 1.82) is 0 Å². The first-order chi connectivity index (χ1) is 13.6. The van der Waals surface area contributed by atoms with Crippen molar-refractivity contribution in [3.05, 3.63) is 41.0 Å². The van der Waals surface area contributed by atoms with Crippen LogP contribution >= 0.6 is 27.5 Å². The lowest BCUT2D eigenvalue weighted by Crippen LogP contribution is -2.21. The van der Waals surface area contributed by atoms with E-state index in [-0.39, 0.29) is 12.5 Å². The van der Waals surface area contributed by atoms with Gasteiger partial charge in [-0.05, 0) is 46.3 Å². The van der Waals surface area contributed by atoms with Gasteiger partial charge in [-0.15, -0.1) is 11.6 Å². The van der Waals surface area contributed by atoms with Crippen LogP contribution in [0.2, 0.25) is 0 Å². The summed E-state index contributed by atoms with van der Waals surface area (Å²) in [6.45, 7) is 0.172. The quantitative estimate of drug-likeness (QED) is 0.461. The molecule has 0 fully saturated rings. The normalized spacial score (nSPS) is 12.2. The third-order valence-corrected chi connectivity index (χ3v) is 4.08. The van der Waals surface area contributed by atoms with Crippen molar-refractivity contribution >= 4 is 44.7 Å². The Bertz CT molecular complexity index is 967. The van der Waals surface area contributed by atoms with Crippen LogP contribution in [0.15, 0.2) is 41.0 Å². The van der Waals surface area contributed by atoms with Gasteiger partial charge in [0.2, 0.25) is 0 Å². The van der Waals surface area contributed by atoms with E-state index in [1.165, 1.54) is 0 Å². The molecule has 29 heavy (non-hydrogen) atoms. The lowest BCUT2D eigenvalue weighted by molar-refractivity contribution is -0.192. The highest BCUT2D eigenvalue weighted by molar-refractivity contribution is 9.10. The number of benzene rings is 1. The van der Waals surface area contributed by atoms with Crippen molar-refractivity contribution in [3.63, 3.8) is 0 Å². The maximum absolute atomic E-state index is 10.6. The molecule has 3 aromatic rings. The minimum absolute atomic E-state index is 0.152. The molecule has 2 aromatic heterocycles. The highest BCUT2D eigenvalue weighted by Crippen LogP contribution is 2.23. The van der Waals surface area contributed by atoms with E-state index in [1.807, 2.05) is 30.3 Å². The molecule has 1 unspecified atom stereocenters. The average molecular weight is 497 g/mol. The van der Waals surface area contributed by atoms with Crippen LogP contribution in [0.3, 0.4) is 0 Å². The Morgan fingerprint density at radius 3 is 2.48 bits per heavy atom. The molecule has 0 aliphatic carbocycles. The summed E-state index contributed by atoms with van der Waals surface area (Å²) in [6, 6.07) is 9.38. The first-order valence-corrected chi connectivity index (χ1v) is 9.21. The minimum Gasteiger partial charge on any atom is -0.491 e. The number of aliphatic carboxylic acids is 1. The van der Waals surface area contributed by atoms with Crippen LogP contribution in [-0.4, -0.2) is 55.9 Å². The number of aliphatic hydroxyl groups excluding tert-OH is 1. The molecular formula is C17H14BrClF3N3O4. The van der Waals surface area contributed by atoms with E-state index in [1.54, 1.807) is 6.20 Å². The van der Waals surface area contributed by atoms with E-state index in [4.69, 9.17) is 26.2 Å². The number of nitrogens with zero attached hydrogens (tertiary/aromatic N) is 2. The number of pyridine rings is 1. The fourth-order valence-electron chi connectivity index (χ4n) is 1.96. The molecule has 3 N–H and O–H groups in total. The highest BCUT2D eigenvalue weighted by atomic mass is 79.9. The van der Waals surface area contributed by atoms with Gasteiger partial charge in [-0.3, -0.25) is 0 Å². The second-order valence-corrected chi connectivity index (χ2v) is 6.78. The van der Waals surface area contributed by atoms with Crippen molar-refractivity contribution in [2.45, 2.75) is 12.3 Å². The second-order valence-electron chi connectivity index (χ2n) is 5.56. The highest BCUT2D eigenvalue weighted by Gasteiger charge is 2.38. The predicted octanol–water partition coefficient (Wildman–Crippen LogP) is 4.00. The van der Waals surface area contributed by atoms with Gasteiger partial charge in [-0.25, -0.2) is 14.8 Å². The summed E-state index contributed by atoms with van der Waals surface area (Å²) in [5.41, 5.74) is 2.47. The van der Waals surface area contributed by atoms with Gasteiger partial charge in [0.25, 0.3) is 0 Å². The van der Waals surface area contributed by atoms with Gasteiger partial charge in [0, 0.05) is 16.2 Å². The van der Waals surface area contributed by atoms with Crippen LogP contribution in [0.1, 0.15) is 0 Å². The van der Waals surface area contributed by atoms with Gasteiger partial charge in [0.1, 0.15) is 24.3 Å². The molecule has 1 aromatic carbocycles. The number of hydrogen-bond acceptors (Lipinski definition) is 5. The van der Waals surface area contributed by atoms with Crippen molar-refractivity contribution in [2.75, 3.05) is 12.5 Å². The largest absolute Gasteiger partial charge is 0.491 e. The first kappa shape index (κ1) is 22.9. The number of carboxylic acid groups (broad SMARTS) is 1. The number of aromatic amines is 1. The lowest BCUT2D eigenvalue weighted by Gasteiger charge is -2.09. The number of imidazole rings is 1. The van der Waals surface area contributed by atoms with Gasteiger partial charge < -0.3 is 19.9 Å². The molecule has 3 rings (SSSR count). The van der Waals surface area contributed by atoms with Crippen LogP contribution in [0.25, 0.3) is 22.6 Å². The standard InChI is InChI=1S/C15H13BrClN3O2.C2HF3O2/c16-10-5-13-15(18-7-10)20-14(19-13)9-1-3-12(4-2-9)22-8-11(21)6-17;3-2(4,5)1(6)7/h1-5,7,11,21H,6,8H2,(H,18,19,20);(H,6,7). The molecule has 0 saturated carbocycles. The predicted molar refractivity (Wildman–Crippen MR) is 103 cm³/mol. The second kappa shape index (κ2) is 9.90. The van der Waals surface area contributed by atoms with E-state index in [0.717, 1.165) is 21.4 Å². The summed E-state index contributed by atoms with van der Waals surface area (Å²) in [5, 5.41) is 16.5. The van der Waals surface area contributed by atoms with Crippen LogP contribution in [-0.2, 0) is 4.79 Å². The van der Waals surface area contributed by atoms with Gasteiger partial charge in [-0.1, -0.05) is 0 Å². The number of alkyl halides is 4. The number of H-pyrrole nitrogens is 1. The maximum atomic E-state index is 10.6. The van der Waals surface area contributed by atoms with E-state index in [2.05, 4.69) is 30.9 Å². The van der Waals surface area contributed by atoms with Crippen molar-refractivity contribution in [1.82, 2.24) is 15.0 Å². The summed E-state index contributed by atoms with van der Waals surface area (Å²) in [7, 11) is 0. The zero-order valence-corrected chi connectivity index (χ0v) is 16.8. The van der Waals surface area contributed by atoms with Crippen molar-refractivity contribution in [2.24, 2.45) is 0 Å². The summed E-state index contributed by atoms with van der Waals surface area (Å²) in [6.07, 6.45) is -4.03. The molecular weight excluding hydrogens is 483 g/mol. The molecule has 156 valence electrons. The molecule has 0 radical (unpaired) electrons. The summed E-state index contributed by atoms with van der Waals surface area (Å²) in [4.78, 5) is 20.8. The number of aromatic nitrogens is 3. The van der Waals surface area contributed by atoms with E-state index in [9.17, 15) is 18.3 Å². The van der Waals surface area contributed by atoms with Crippen LogP contribution < -0.4 is 4.74 Å². The van der Waals surface area contributed by atoms with Crippen molar-refractivity contribution in [3.8, 4) is 17.1 Å². The minimum atomic E-state index is -5.08. The number of nitrogens with one attached hydrogen (secondary N) is 1.